The Morgan fingerprint density at radius 3 is 2.75 bits per heavy atom. The third-order valence-corrected chi connectivity index (χ3v) is 6.43. The van der Waals surface area contributed by atoms with Crippen molar-refractivity contribution in [1.29, 1.82) is 0 Å². The van der Waals surface area contributed by atoms with Crippen molar-refractivity contribution in [2.24, 2.45) is 11.3 Å². The third kappa shape index (κ3) is 3.58. The van der Waals surface area contributed by atoms with Gasteiger partial charge in [-0.2, -0.15) is 0 Å². The van der Waals surface area contributed by atoms with E-state index in [0.717, 1.165) is 16.8 Å². The zero-order valence-corrected chi connectivity index (χ0v) is 14.8. The average Bonchev–Trinajstić information content (AvgIpc) is 2.71. The van der Waals surface area contributed by atoms with E-state index in [0.29, 0.717) is 11.5 Å². The molecule has 1 aromatic heterocycles. The molecule has 1 fully saturated rings. The van der Waals surface area contributed by atoms with Crippen molar-refractivity contribution in [3.8, 4) is 0 Å². The highest BCUT2D eigenvalue weighted by atomic mass is 35.5. The molecule has 0 aliphatic heterocycles. The Hall–Kier alpha value is -0.0500. The fourth-order valence-corrected chi connectivity index (χ4v) is 4.88. The molecule has 0 spiro atoms. The quantitative estimate of drug-likeness (QED) is 0.706. The van der Waals surface area contributed by atoms with E-state index in [2.05, 4.69) is 39.1 Å². The van der Waals surface area contributed by atoms with E-state index >= 15 is 0 Å². The summed E-state index contributed by atoms with van der Waals surface area (Å²) in [6.07, 6.45) is 6.62. The zero-order chi connectivity index (χ0) is 14.8. The van der Waals surface area contributed by atoms with Gasteiger partial charge in [0.05, 0.1) is 4.34 Å². The fraction of sp³-hybridized carbons (Fsp3) is 0.765. The molecular weight excluding hydrogens is 286 g/mol. The van der Waals surface area contributed by atoms with E-state index in [4.69, 9.17) is 11.6 Å². The first-order valence-corrected chi connectivity index (χ1v) is 9.14. The maximum Gasteiger partial charge on any atom is 0.0960 e. The summed E-state index contributed by atoms with van der Waals surface area (Å²) in [6.45, 7) is 10.3. The number of aryl methyl sites for hydroxylation is 1. The summed E-state index contributed by atoms with van der Waals surface area (Å²) in [5, 5.41) is 3.80. The van der Waals surface area contributed by atoms with Crippen molar-refractivity contribution < 1.29 is 0 Å². The maximum absolute atomic E-state index is 6.31. The fourth-order valence-electron chi connectivity index (χ4n) is 3.52. The van der Waals surface area contributed by atoms with Crippen LogP contribution < -0.4 is 5.32 Å². The van der Waals surface area contributed by atoms with Gasteiger partial charge in [0.2, 0.25) is 0 Å². The van der Waals surface area contributed by atoms with Crippen LogP contribution in [0, 0.1) is 18.3 Å². The predicted molar refractivity (Wildman–Crippen MR) is 90.8 cm³/mol. The van der Waals surface area contributed by atoms with Crippen LogP contribution in [0.4, 0.5) is 0 Å². The minimum absolute atomic E-state index is 0.425. The minimum atomic E-state index is 0.425. The van der Waals surface area contributed by atoms with E-state index < -0.39 is 0 Å². The molecule has 0 radical (unpaired) electrons. The van der Waals surface area contributed by atoms with Crippen molar-refractivity contribution in [3.05, 3.63) is 20.8 Å². The van der Waals surface area contributed by atoms with Gasteiger partial charge in [0.15, 0.2) is 0 Å². The van der Waals surface area contributed by atoms with Crippen LogP contribution in [0.5, 0.6) is 0 Å². The summed E-state index contributed by atoms with van der Waals surface area (Å²) in [5.41, 5.74) is 1.65. The molecule has 1 aliphatic carbocycles. The minimum Gasteiger partial charge on any atom is -0.309 e. The standard InChI is InChI=1S/C17H28ClNS/c1-5-10-19-15(14-11-12(2)16(18)20-14)13-8-6-7-9-17(13,3)4/h11,13,15,19H,5-10H2,1-4H3. The summed E-state index contributed by atoms with van der Waals surface area (Å²) in [5.74, 6) is 0.719. The lowest BCUT2D eigenvalue weighted by atomic mass is 9.65. The number of thiophene rings is 1. The Kier molecular flexibility index (Phi) is 5.56. The summed E-state index contributed by atoms with van der Waals surface area (Å²) in [6, 6.07) is 2.77. The van der Waals surface area contributed by atoms with Crippen molar-refractivity contribution >= 4 is 22.9 Å². The summed E-state index contributed by atoms with van der Waals surface area (Å²) < 4.78 is 0.955. The Morgan fingerprint density at radius 1 is 1.45 bits per heavy atom. The first-order chi connectivity index (χ1) is 9.45. The average molecular weight is 314 g/mol. The third-order valence-electron chi connectivity index (χ3n) is 4.79. The van der Waals surface area contributed by atoms with E-state index in [-0.39, 0.29) is 0 Å². The van der Waals surface area contributed by atoms with Gasteiger partial charge in [-0.25, -0.2) is 0 Å². The number of hydrogen-bond acceptors (Lipinski definition) is 2. The van der Waals surface area contributed by atoms with Gasteiger partial charge in [-0.05, 0) is 55.7 Å². The van der Waals surface area contributed by atoms with Crippen molar-refractivity contribution in [3.63, 3.8) is 0 Å². The van der Waals surface area contributed by atoms with Crippen LogP contribution in [-0.4, -0.2) is 6.54 Å². The molecule has 2 rings (SSSR count). The summed E-state index contributed by atoms with van der Waals surface area (Å²) in [4.78, 5) is 1.43. The molecule has 0 bridgehead atoms. The topological polar surface area (TPSA) is 12.0 Å². The highest BCUT2D eigenvalue weighted by Gasteiger charge is 2.38. The molecule has 20 heavy (non-hydrogen) atoms. The Labute approximate surface area is 133 Å². The van der Waals surface area contributed by atoms with E-state index in [9.17, 15) is 0 Å². The predicted octanol–water partition coefficient (Wildman–Crippen LogP) is 5.97. The van der Waals surface area contributed by atoms with Gasteiger partial charge in [-0.3, -0.25) is 0 Å². The molecule has 0 saturated heterocycles. The molecule has 1 aliphatic rings. The van der Waals surface area contributed by atoms with Crippen LogP contribution in [0.3, 0.4) is 0 Å². The maximum atomic E-state index is 6.31. The highest BCUT2D eigenvalue weighted by Crippen LogP contribution is 2.48. The van der Waals surface area contributed by atoms with Crippen molar-refractivity contribution in [2.75, 3.05) is 6.54 Å². The monoisotopic (exact) mass is 313 g/mol. The van der Waals surface area contributed by atoms with Crippen molar-refractivity contribution in [2.45, 2.75) is 65.8 Å². The van der Waals surface area contributed by atoms with Gasteiger partial charge in [0.1, 0.15) is 0 Å². The van der Waals surface area contributed by atoms with Gasteiger partial charge >= 0.3 is 0 Å². The molecule has 1 aromatic rings. The molecule has 1 heterocycles. The van der Waals surface area contributed by atoms with E-state index in [1.807, 2.05) is 0 Å². The Balaban J connectivity index is 2.26. The van der Waals surface area contributed by atoms with Crippen LogP contribution in [-0.2, 0) is 0 Å². The molecule has 2 unspecified atom stereocenters. The molecule has 0 amide bonds. The normalized spacial score (nSPS) is 23.8. The summed E-state index contributed by atoms with van der Waals surface area (Å²) in [7, 11) is 0. The Morgan fingerprint density at radius 2 is 2.20 bits per heavy atom. The first kappa shape index (κ1) is 16.3. The Bertz CT molecular complexity index is 419. The second-order valence-electron chi connectivity index (χ2n) is 6.88. The first-order valence-electron chi connectivity index (χ1n) is 7.95. The molecule has 3 heteroatoms. The van der Waals surface area contributed by atoms with Gasteiger partial charge in [-0.15, -0.1) is 11.3 Å². The number of nitrogens with one attached hydrogen (secondary N) is 1. The van der Waals surface area contributed by atoms with Crippen LogP contribution in [0.15, 0.2) is 6.07 Å². The van der Waals surface area contributed by atoms with Crippen LogP contribution in [0.25, 0.3) is 0 Å². The number of rotatable bonds is 5. The lowest BCUT2D eigenvalue weighted by molar-refractivity contribution is 0.0994. The van der Waals surface area contributed by atoms with Gasteiger partial charge in [0, 0.05) is 10.9 Å². The van der Waals surface area contributed by atoms with E-state index in [1.54, 1.807) is 11.3 Å². The van der Waals surface area contributed by atoms with Gasteiger partial charge in [0.25, 0.3) is 0 Å². The molecule has 1 nitrogen and oxygen atoms in total. The van der Waals surface area contributed by atoms with Gasteiger partial charge < -0.3 is 5.32 Å². The molecule has 1 N–H and O–H groups in total. The second kappa shape index (κ2) is 6.81. The molecule has 2 atom stereocenters. The van der Waals surface area contributed by atoms with E-state index in [1.165, 1.54) is 42.5 Å². The second-order valence-corrected chi connectivity index (χ2v) is 8.56. The van der Waals surface area contributed by atoms with Gasteiger partial charge in [-0.1, -0.05) is 45.2 Å². The molecule has 114 valence electrons. The van der Waals surface area contributed by atoms with Crippen LogP contribution in [0.2, 0.25) is 4.34 Å². The zero-order valence-electron chi connectivity index (χ0n) is 13.3. The molecule has 1 saturated carbocycles. The number of hydrogen-bond donors (Lipinski definition) is 1. The SMILES string of the molecule is CCCNC(c1cc(C)c(Cl)s1)C1CCCCC1(C)C. The lowest BCUT2D eigenvalue weighted by Crippen LogP contribution is -2.39. The van der Waals surface area contributed by atoms with Crippen LogP contribution >= 0.6 is 22.9 Å². The molecule has 0 aromatic carbocycles. The highest BCUT2D eigenvalue weighted by molar-refractivity contribution is 7.16. The lowest BCUT2D eigenvalue weighted by Gasteiger charge is -2.43. The smallest absolute Gasteiger partial charge is 0.0960 e. The van der Waals surface area contributed by atoms with Crippen LogP contribution in [0.1, 0.15) is 69.4 Å². The number of halogens is 1. The summed E-state index contributed by atoms with van der Waals surface area (Å²) >= 11 is 8.08. The molecular formula is C17H28ClNS. The largest absolute Gasteiger partial charge is 0.309 e. The van der Waals surface area contributed by atoms with Crippen molar-refractivity contribution in [1.82, 2.24) is 5.32 Å².